The molecule has 0 radical (unpaired) electrons. The first-order valence-electron chi connectivity index (χ1n) is 8.53. The number of benzene rings is 1. The normalized spacial score (nSPS) is 17.0. The summed E-state index contributed by atoms with van der Waals surface area (Å²) >= 11 is 0. The molecule has 1 aliphatic heterocycles. The fraction of sp³-hybridized carbons (Fsp3) is 0.400. The van der Waals surface area contributed by atoms with Gasteiger partial charge in [0.15, 0.2) is 0 Å². The molecule has 1 aromatic carbocycles. The highest BCUT2D eigenvalue weighted by Crippen LogP contribution is 2.40. The van der Waals surface area contributed by atoms with Gasteiger partial charge in [-0.3, -0.25) is 0 Å². The molecule has 26 heavy (non-hydrogen) atoms. The molecular weight excluding hydrogens is 337 g/mol. The van der Waals surface area contributed by atoms with Crippen molar-refractivity contribution in [3.8, 4) is 0 Å². The minimum absolute atomic E-state index is 0.0957. The Morgan fingerprint density at radius 3 is 2.42 bits per heavy atom. The number of esters is 2. The first-order valence-corrected chi connectivity index (χ1v) is 8.53. The standard InChI is InChI=1S/C20H24FNO4/c1-5-10-26-20(24)16-13(3)22-15(11-21)18(19(23)25-4)17(16)14-9-7-6-8-12(14)2/h6-9,17,22H,5,10-11H2,1-4H3. The van der Waals surface area contributed by atoms with Crippen LogP contribution in [0, 0.1) is 6.92 Å². The fourth-order valence-corrected chi connectivity index (χ4v) is 3.12. The first-order chi connectivity index (χ1) is 12.5. The smallest absolute Gasteiger partial charge is 0.336 e. The number of nitrogens with one attached hydrogen (secondary N) is 1. The zero-order valence-electron chi connectivity index (χ0n) is 15.5. The van der Waals surface area contributed by atoms with Gasteiger partial charge >= 0.3 is 11.9 Å². The minimum atomic E-state index is -0.874. The monoisotopic (exact) mass is 361 g/mol. The van der Waals surface area contributed by atoms with E-state index in [0.717, 1.165) is 11.1 Å². The van der Waals surface area contributed by atoms with Crippen molar-refractivity contribution in [2.45, 2.75) is 33.1 Å². The highest BCUT2D eigenvalue weighted by atomic mass is 19.1. The van der Waals surface area contributed by atoms with Crippen molar-refractivity contribution >= 4 is 11.9 Å². The molecule has 1 aromatic rings. The summed E-state index contributed by atoms with van der Waals surface area (Å²) in [4.78, 5) is 25.2. The van der Waals surface area contributed by atoms with E-state index >= 15 is 0 Å². The fourth-order valence-electron chi connectivity index (χ4n) is 3.12. The van der Waals surface area contributed by atoms with Gasteiger partial charge in [-0.1, -0.05) is 31.2 Å². The molecule has 1 atom stereocenters. The molecule has 0 spiro atoms. The van der Waals surface area contributed by atoms with Gasteiger partial charge in [0.2, 0.25) is 0 Å². The van der Waals surface area contributed by atoms with Crippen LogP contribution >= 0.6 is 0 Å². The number of halogens is 1. The number of methoxy groups -OCH3 is 1. The van der Waals surface area contributed by atoms with E-state index in [9.17, 15) is 14.0 Å². The summed E-state index contributed by atoms with van der Waals surface area (Å²) < 4.78 is 23.9. The third-order valence-corrected chi connectivity index (χ3v) is 4.34. The van der Waals surface area contributed by atoms with Crippen LogP contribution in [0.3, 0.4) is 0 Å². The largest absolute Gasteiger partial charge is 0.466 e. The van der Waals surface area contributed by atoms with E-state index in [-0.39, 0.29) is 17.9 Å². The number of carbonyl (C=O) groups is 2. The van der Waals surface area contributed by atoms with Gasteiger partial charge in [-0.2, -0.15) is 0 Å². The number of aryl methyl sites for hydroxylation is 1. The van der Waals surface area contributed by atoms with Gasteiger partial charge < -0.3 is 14.8 Å². The van der Waals surface area contributed by atoms with E-state index in [1.54, 1.807) is 6.92 Å². The maximum absolute atomic E-state index is 13.7. The molecular formula is C20H24FNO4. The molecule has 5 nitrogen and oxygen atoms in total. The summed E-state index contributed by atoms with van der Waals surface area (Å²) in [5.74, 6) is -1.95. The molecule has 0 amide bonds. The quantitative estimate of drug-likeness (QED) is 0.788. The van der Waals surface area contributed by atoms with Crippen molar-refractivity contribution in [2.24, 2.45) is 0 Å². The molecule has 0 saturated heterocycles. The molecule has 0 aromatic heterocycles. The number of dihydropyridines is 1. The lowest BCUT2D eigenvalue weighted by Crippen LogP contribution is -2.34. The van der Waals surface area contributed by atoms with E-state index < -0.39 is 24.5 Å². The van der Waals surface area contributed by atoms with Gasteiger partial charge in [-0.15, -0.1) is 0 Å². The van der Waals surface area contributed by atoms with E-state index in [0.29, 0.717) is 17.7 Å². The van der Waals surface area contributed by atoms with Gasteiger partial charge in [0.05, 0.1) is 36.5 Å². The molecule has 0 saturated carbocycles. The average molecular weight is 361 g/mol. The maximum Gasteiger partial charge on any atom is 0.336 e. The van der Waals surface area contributed by atoms with Gasteiger partial charge in [0.1, 0.15) is 6.67 Å². The van der Waals surface area contributed by atoms with Crippen LogP contribution in [-0.2, 0) is 19.1 Å². The average Bonchev–Trinajstić information content (AvgIpc) is 2.64. The van der Waals surface area contributed by atoms with Crippen LogP contribution < -0.4 is 5.32 Å². The molecule has 0 fully saturated rings. The second kappa shape index (κ2) is 8.65. The van der Waals surface area contributed by atoms with Crippen molar-refractivity contribution in [3.63, 3.8) is 0 Å². The van der Waals surface area contributed by atoms with Gasteiger partial charge in [-0.05, 0) is 31.4 Å². The topological polar surface area (TPSA) is 64.6 Å². The summed E-state index contributed by atoms with van der Waals surface area (Å²) in [5, 5.41) is 2.84. The molecule has 1 aliphatic rings. The number of rotatable bonds is 6. The number of ether oxygens (including phenoxy) is 2. The Morgan fingerprint density at radius 2 is 1.85 bits per heavy atom. The van der Waals surface area contributed by atoms with E-state index in [1.165, 1.54) is 7.11 Å². The Kier molecular flexibility index (Phi) is 6.55. The summed E-state index contributed by atoms with van der Waals surface area (Å²) in [6.07, 6.45) is 0.677. The van der Waals surface area contributed by atoms with Gasteiger partial charge in [0, 0.05) is 5.70 Å². The number of carbonyl (C=O) groups excluding carboxylic acids is 2. The van der Waals surface area contributed by atoms with Crippen molar-refractivity contribution in [1.29, 1.82) is 0 Å². The Labute approximate surface area is 152 Å². The lowest BCUT2D eigenvalue weighted by Gasteiger charge is -2.31. The first kappa shape index (κ1) is 19.7. The Hall–Kier alpha value is -2.63. The zero-order chi connectivity index (χ0) is 19.3. The SMILES string of the molecule is CCCOC(=O)C1=C(C)NC(CF)=C(C(=O)OC)C1c1ccccc1C. The number of hydrogen-bond donors (Lipinski definition) is 1. The van der Waals surface area contributed by atoms with Crippen LogP contribution in [-0.4, -0.2) is 32.3 Å². The summed E-state index contributed by atoms with van der Waals surface area (Å²) in [6, 6.07) is 7.39. The molecule has 2 rings (SSSR count). The predicted octanol–water partition coefficient (Wildman–Crippen LogP) is 3.31. The Morgan fingerprint density at radius 1 is 1.15 bits per heavy atom. The second-order valence-corrected chi connectivity index (χ2v) is 6.11. The highest BCUT2D eigenvalue weighted by Gasteiger charge is 2.39. The Bertz CT molecular complexity index is 767. The lowest BCUT2D eigenvalue weighted by molar-refractivity contribution is -0.139. The molecule has 140 valence electrons. The molecule has 6 heteroatoms. The van der Waals surface area contributed by atoms with Crippen LogP contribution in [0.25, 0.3) is 0 Å². The maximum atomic E-state index is 13.7. The number of allylic oxidation sites excluding steroid dienone is 2. The van der Waals surface area contributed by atoms with Crippen LogP contribution in [0.4, 0.5) is 4.39 Å². The van der Waals surface area contributed by atoms with Crippen LogP contribution in [0.5, 0.6) is 0 Å². The molecule has 1 N–H and O–H groups in total. The third kappa shape index (κ3) is 3.79. The van der Waals surface area contributed by atoms with Crippen LogP contribution in [0.15, 0.2) is 46.8 Å². The van der Waals surface area contributed by atoms with E-state index in [1.807, 2.05) is 38.1 Å². The molecule has 0 bridgehead atoms. The van der Waals surface area contributed by atoms with Gasteiger partial charge in [0.25, 0.3) is 0 Å². The Balaban J connectivity index is 2.68. The zero-order valence-corrected chi connectivity index (χ0v) is 15.5. The van der Waals surface area contributed by atoms with Crippen LogP contribution in [0.1, 0.15) is 37.3 Å². The predicted molar refractivity (Wildman–Crippen MR) is 96.0 cm³/mol. The molecule has 1 unspecified atom stereocenters. The van der Waals surface area contributed by atoms with Crippen LogP contribution in [0.2, 0.25) is 0 Å². The minimum Gasteiger partial charge on any atom is -0.466 e. The second-order valence-electron chi connectivity index (χ2n) is 6.11. The lowest BCUT2D eigenvalue weighted by atomic mass is 9.79. The van der Waals surface area contributed by atoms with Gasteiger partial charge in [-0.25, -0.2) is 14.0 Å². The van der Waals surface area contributed by atoms with Crippen molar-refractivity contribution in [2.75, 3.05) is 20.4 Å². The van der Waals surface area contributed by atoms with Crippen molar-refractivity contribution < 1.29 is 23.5 Å². The number of hydrogen-bond acceptors (Lipinski definition) is 5. The summed E-state index contributed by atoms with van der Waals surface area (Å²) in [5.41, 5.74) is 2.59. The molecule has 1 heterocycles. The molecule has 0 aliphatic carbocycles. The third-order valence-electron chi connectivity index (χ3n) is 4.34. The van der Waals surface area contributed by atoms with E-state index in [2.05, 4.69) is 5.32 Å². The van der Waals surface area contributed by atoms with Crippen molar-refractivity contribution in [1.82, 2.24) is 5.32 Å². The van der Waals surface area contributed by atoms with E-state index in [4.69, 9.17) is 9.47 Å². The van der Waals surface area contributed by atoms with Crippen molar-refractivity contribution in [3.05, 3.63) is 57.9 Å². The number of alkyl halides is 1. The summed E-state index contributed by atoms with van der Waals surface area (Å²) in [7, 11) is 1.24. The summed E-state index contributed by atoms with van der Waals surface area (Å²) in [6.45, 7) is 4.85. The highest BCUT2D eigenvalue weighted by molar-refractivity contribution is 6.00.